The number of amides is 1. The minimum atomic E-state index is 0.267. The highest BCUT2D eigenvalue weighted by atomic mass is 16.5. The summed E-state index contributed by atoms with van der Waals surface area (Å²) in [6, 6.07) is 8.09. The molecule has 0 unspecified atom stereocenters. The number of aromatic nitrogens is 2. The number of rotatable bonds is 8. The van der Waals surface area contributed by atoms with E-state index in [1.54, 1.807) is 7.11 Å². The number of hydrogen-bond acceptors (Lipinski definition) is 3. The van der Waals surface area contributed by atoms with E-state index in [2.05, 4.69) is 21.7 Å². The zero-order valence-corrected chi connectivity index (χ0v) is 14.7. The molecule has 1 amide bonds. The third-order valence-electron chi connectivity index (χ3n) is 5.06. The Labute approximate surface area is 148 Å². The molecule has 1 aromatic carbocycles. The van der Waals surface area contributed by atoms with Crippen LogP contribution >= 0.6 is 0 Å². The van der Waals surface area contributed by atoms with Crippen molar-refractivity contribution in [2.24, 2.45) is 11.8 Å². The van der Waals surface area contributed by atoms with Gasteiger partial charge in [-0.15, -0.1) is 0 Å². The van der Waals surface area contributed by atoms with Crippen molar-refractivity contribution in [1.82, 2.24) is 14.5 Å². The Balaban J connectivity index is 1.46. The summed E-state index contributed by atoms with van der Waals surface area (Å²) in [7, 11) is 1.67. The average molecular weight is 339 g/mol. The van der Waals surface area contributed by atoms with Crippen molar-refractivity contribution in [3.8, 4) is 5.75 Å². The van der Waals surface area contributed by atoms with Gasteiger partial charge in [0.05, 0.1) is 13.7 Å². The molecule has 0 aliphatic heterocycles. The number of benzene rings is 1. The summed E-state index contributed by atoms with van der Waals surface area (Å²) in [5.41, 5.74) is 1.20. The minimum absolute atomic E-state index is 0.267. The Morgan fingerprint density at radius 1 is 1.24 bits per heavy atom. The predicted octanol–water partition coefficient (Wildman–Crippen LogP) is 3.09. The summed E-state index contributed by atoms with van der Waals surface area (Å²) >= 11 is 0. The lowest BCUT2D eigenvalue weighted by atomic mass is 10.2. The summed E-state index contributed by atoms with van der Waals surface area (Å²) in [5, 5.41) is 0. The third kappa shape index (κ3) is 4.03. The van der Waals surface area contributed by atoms with Crippen LogP contribution in [0.5, 0.6) is 5.75 Å². The van der Waals surface area contributed by atoms with Crippen LogP contribution in [0.2, 0.25) is 0 Å². The fourth-order valence-corrected chi connectivity index (χ4v) is 3.17. The molecule has 2 fully saturated rings. The molecular formula is C20H25N3O2. The number of carbonyl (C=O) groups is 1. The molecule has 1 heterocycles. The van der Waals surface area contributed by atoms with Gasteiger partial charge in [-0.2, -0.15) is 0 Å². The minimum Gasteiger partial charge on any atom is -0.497 e. The topological polar surface area (TPSA) is 47.4 Å². The Bertz CT molecular complexity index is 730. The predicted molar refractivity (Wildman–Crippen MR) is 95.2 cm³/mol. The molecule has 0 radical (unpaired) electrons. The number of carbonyl (C=O) groups excluding carboxylic acids is 1. The van der Waals surface area contributed by atoms with E-state index in [1.807, 2.05) is 29.4 Å². The first-order valence-corrected chi connectivity index (χ1v) is 9.14. The maximum atomic E-state index is 12.6. The van der Waals surface area contributed by atoms with Gasteiger partial charge in [0.15, 0.2) is 0 Å². The molecule has 2 aliphatic rings. The maximum absolute atomic E-state index is 12.6. The first-order valence-electron chi connectivity index (χ1n) is 9.14. The van der Waals surface area contributed by atoms with Crippen LogP contribution in [0.15, 0.2) is 36.7 Å². The molecule has 0 atom stereocenters. The lowest BCUT2D eigenvalue weighted by Gasteiger charge is -2.23. The second kappa shape index (κ2) is 6.90. The number of nitrogens with zero attached hydrogens (tertiary/aromatic N) is 3. The normalized spacial score (nSPS) is 16.7. The fourth-order valence-electron chi connectivity index (χ4n) is 3.17. The first-order chi connectivity index (χ1) is 12.2. The number of ether oxygens (including phenoxy) is 1. The Kier molecular flexibility index (Phi) is 4.47. The summed E-state index contributed by atoms with van der Waals surface area (Å²) < 4.78 is 7.36. The molecular weight excluding hydrogens is 314 g/mol. The van der Waals surface area contributed by atoms with E-state index in [0.717, 1.165) is 37.5 Å². The molecule has 0 saturated heterocycles. The van der Waals surface area contributed by atoms with Gasteiger partial charge >= 0.3 is 0 Å². The SMILES string of the molecule is COc1ccc(Cn2ccnc2CN(CC2CC2)C(=O)C2CC2)cc1. The van der Waals surface area contributed by atoms with Crippen LogP contribution in [0.4, 0.5) is 0 Å². The first kappa shape index (κ1) is 16.2. The second-order valence-corrected chi connectivity index (χ2v) is 7.26. The van der Waals surface area contributed by atoms with E-state index < -0.39 is 0 Å². The van der Waals surface area contributed by atoms with E-state index >= 15 is 0 Å². The van der Waals surface area contributed by atoms with Crippen molar-refractivity contribution in [2.75, 3.05) is 13.7 Å². The highest BCUT2D eigenvalue weighted by Crippen LogP contribution is 2.35. The molecule has 5 heteroatoms. The molecule has 4 rings (SSSR count). The van der Waals surface area contributed by atoms with Crippen molar-refractivity contribution >= 4 is 5.91 Å². The van der Waals surface area contributed by atoms with Crippen LogP contribution in [0, 0.1) is 11.8 Å². The Hall–Kier alpha value is -2.30. The number of hydrogen-bond donors (Lipinski definition) is 0. The van der Waals surface area contributed by atoms with Gasteiger partial charge in [-0.3, -0.25) is 4.79 Å². The van der Waals surface area contributed by atoms with E-state index in [-0.39, 0.29) is 5.92 Å². The van der Waals surface area contributed by atoms with Gasteiger partial charge in [-0.25, -0.2) is 4.98 Å². The van der Waals surface area contributed by atoms with Gasteiger partial charge < -0.3 is 14.2 Å². The van der Waals surface area contributed by atoms with Crippen LogP contribution < -0.4 is 4.74 Å². The number of methoxy groups -OCH3 is 1. The van der Waals surface area contributed by atoms with Crippen molar-refractivity contribution < 1.29 is 9.53 Å². The van der Waals surface area contributed by atoms with E-state index in [4.69, 9.17) is 4.74 Å². The second-order valence-electron chi connectivity index (χ2n) is 7.26. The maximum Gasteiger partial charge on any atom is 0.226 e. The molecule has 0 spiro atoms. The van der Waals surface area contributed by atoms with Gasteiger partial charge in [-0.1, -0.05) is 12.1 Å². The lowest BCUT2D eigenvalue weighted by molar-refractivity contribution is -0.133. The van der Waals surface area contributed by atoms with Crippen LogP contribution in [0.1, 0.15) is 37.1 Å². The molecule has 132 valence electrons. The zero-order chi connectivity index (χ0) is 17.2. The van der Waals surface area contributed by atoms with Crippen LogP contribution in [-0.2, 0) is 17.9 Å². The van der Waals surface area contributed by atoms with Gasteiger partial charge in [0.25, 0.3) is 0 Å². The van der Waals surface area contributed by atoms with E-state index in [0.29, 0.717) is 18.4 Å². The smallest absolute Gasteiger partial charge is 0.226 e. The molecule has 1 aromatic heterocycles. The summed E-state index contributed by atoms with van der Waals surface area (Å²) in [6.45, 7) is 2.27. The van der Waals surface area contributed by atoms with Crippen molar-refractivity contribution in [2.45, 2.75) is 38.8 Å². The highest BCUT2D eigenvalue weighted by Gasteiger charge is 2.36. The van der Waals surface area contributed by atoms with E-state index in [1.165, 1.54) is 18.4 Å². The summed E-state index contributed by atoms with van der Waals surface area (Å²) in [5.74, 6) is 3.12. The lowest BCUT2D eigenvalue weighted by Crippen LogP contribution is -2.34. The Morgan fingerprint density at radius 2 is 2.00 bits per heavy atom. The van der Waals surface area contributed by atoms with Crippen molar-refractivity contribution in [1.29, 1.82) is 0 Å². The van der Waals surface area contributed by atoms with Gasteiger partial charge in [0.1, 0.15) is 11.6 Å². The van der Waals surface area contributed by atoms with Crippen LogP contribution in [0.25, 0.3) is 0 Å². The summed E-state index contributed by atoms with van der Waals surface area (Å²) in [4.78, 5) is 19.2. The van der Waals surface area contributed by atoms with Crippen LogP contribution in [0.3, 0.4) is 0 Å². The largest absolute Gasteiger partial charge is 0.497 e. The molecule has 0 bridgehead atoms. The molecule has 0 N–H and O–H groups in total. The molecule has 25 heavy (non-hydrogen) atoms. The van der Waals surface area contributed by atoms with Crippen LogP contribution in [-0.4, -0.2) is 34.0 Å². The molecule has 5 nitrogen and oxygen atoms in total. The average Bonchev–Trinajstić information content (AvgIpc) is 3.55. The fraction of sp³-hybridized carbons (Fsp3) is 0.500. The third-order valence-corrected chi connectivity index (χ3v) is 5.06. The zero-order valence-electron chi connectivity index (χ0n) is 14.7. The number of imidazole rings is 1. The van der Waals surface area contributed by atoms with Crippen molar-refractivity contribution in [3.63, 3.8) is 0 Å². The van der Waals surface area contributed by atoms with Gasteiger partial charge in [-0.05, 0) is 49.3 Å². The quantitative estimate of drug-likeness (QED) is 0.742. The van der Waals surface area contributed by atoms with Gasteiger partial charge in [0, 0.05) is 31.4 Å². The van der Waals surface area contributed by atoms with Crippen molar-refractivity contribution in [3.05, 3.63) is 48.0 Å². The standard InChI is InChI=1S/C20H25N3O2/c1-25-18-8-4-16(5-9-18)12-22-11-10-21-19(22)14-23(13-15-2-3-15)20(24)17-6-7-17/h4-5,8-11,15,17H,2-3,6-7,12-14H2,1H3. The highest BCUT2D eigenvalue weighted by molar-refractivity contribution is 5.81. The monoisotopic (exact) mass is 339 g/mol. The van der Waals surface area contributed by atoms with E-state index in [9.17, 15) is 4.79 Å². The molecule has 2 aromatic rings. The molecule has 2 aliphatic carbocycles. The molecule has 2 saturated carbocycles. The Morgan fingerprint density at radius 3 is 2.64 bits per heavy atom. The summed E-state index contributed by atoms with van der Waals surface area (Å²) in [6.07, 6.45) is 8.45. The van der Waals surface area contributed by atoms with Gasteiger partial charge in [0.2, 0.25) is 5.91 Å².